The maximum Gasteiger partial charge on any atom is 0.163 e. The SMILES string of the molecule is COc1ccc(C=CC(=O)CC(=O)C=Cc2ccc(OC)c3ccccc23)cc1O. The Labute approximate surface area is 174 Å². The van der Waals surface area contributed by atoms with Crippen molar-refractivity contribution in [2.24, 2.45) is 0 Å². The van der Waals surface area contributed by atoms with Crippen molar-refractivity contribution in [3.8, 4) is 17.2 Å². The number of hydrogen-bond donors (Lipinski definition) is 1. The number of benzene rings is 3. The highest BCUT2D eigenvalue weighted by Crippen LogP contribution is 2.29. The molecule has 3 rings (SSSR count). The molecule has 0 aliphatic rings. The van der Waals surface area contributed by atoms with Gasteiger partial charge in [0, 0.05) is 5.39 Å². The van der Waals surface area contributed by atoms with E-state index in [0.717, 1.165) is 22.1 Å². The fourth-order valence-electron chi connectivity index (χ4n) is 3.09. The summed E-state index contributed by atoms with van der Waals surface area (Å²) in [6.07, 6.45) is 5.77. The highest BCUT2D eigenvalue weighted by atomic mass is 16.5. The largest absolute Gasteiger partial charge is 0.504 e. The van der Waals surface area contributed by atoms with Crippen LogP contribution in [0.4, 0.5) is 0 Å². The Hall–Kier alpha value is -3.86. The number of ketones is 2. The molecule has 0 amide bonds. The minimum absolute atomic E-state index is 0.0159. The molecule has 0 spiro atoms. The summed E-state index contributed by atoms with van der Waals surface area (Å²) in [4.78, 5) is 24.3. The first kappa shape index (κ1) is 20.9. The van der Waals surface area contributed by atoms with Gasteiger partial charge in [-0.1, -0.05) is 48.6 Å². The fourth-order valence-corrected chi connectivity index (χ4v) is 3.09. The Morgan fingerprint density at radius 1 is 0.833 bits per heavy atom. The molecule has 3 aromatic rings. The molecule has 0 aliphatic carbocycles. The van der Waals surface area contributed by atoms with Crippen LogP contribution < -0.4 is 9.47 Å². The number of rotatable bonds is 8. The van der Waals surface area contributed by atoms with E-state index in [0.29, 0.717) is 11.3 Å². The summed E-state index contributed by atoms with van der Waals surface area (Å²) in [5.74, 6) is 0.489. The maximum atomic E-state index is 12.2. The van der Waals surface area contributed by atoms with Crippen LogP contribution in [0.2, 0.25) is 0 Å². The molecule has 152 valence electrons. The topological polar surface area (TPSA) is 72.8 Å². The van der Waals surface area contributed by atoms with E-state index in [1.165, 1.54) is 25.3 Å². The van der Waals surface area contributed by atoms with E-state index in [9.17, 15) is 14.7 Å². The third-order valence-corrected chi connectivity index (χ3v) is 4.60. The van der Waals surface area contributed by atoms with Crippen molar-refractivity contribution in [2.45, 2.75) is 6.42 Å². The van der Waals surface area contributed by atoms with Gasteiger partial charge in [0.05, 0.1) is 20.6 Å². The van der Waals surface area contributed by atoms with Crippen LogP contribution in [0.5, 0.6) is 17.2 Å². The Bertz CT molecular complexity index is 1140. The second kappa shape index (κ2) is 9.56. The highest BCUT2D eigenvalue weighted by molar-refractivity contribution is 6.11. The zero-order chi connectivity index (χ0) is 21.5. The van der Waals surface area contributed by atoms with Gasteiger partial charge in [0.25, 0.3) is 0 Å². The lowest BCUT2D eigenvalue weighted by molar-refractivity contribution is -0.121. The van der Waals surface area contributed by atoms with E-state index in [1.807, 2.05) is 36.4 Å². The minimum atomic E-state index is -0.320. The van der Waals surface area contributed by atoms with Crippen LogP contribution >= 0.6 is 0 Å². The Kier molecular flexibility index (Phi) is 6.65. The summed E-state index contributed by atoms with van der Waals surface area (Å²) in [6, 6.07) is 16.3. The van der Waals surface area contributed by atoms with Gasteiger partial charge in [0.1, 0.15) is 5.75 Å². The van der Waals surface area contributed by atoms with E-state index in [4.69, 9.17) is 9.47 Å². The van der Waals surface area contributed by atoms with Crippen molar-refractivity contribution in [1.29, 1.82) is 0 Å². The first-order chi connectivity index (χ1) is 14.5. The van der Waals surface area contributed by atoms with E-state index in [-0.39, 0.29) is 23.7 Å². The average molecular weight is 402 g/mol. The molecule has 0 saturated carbocycles. The predicted octanol–water partition coefficient (Wildman–Crippen LogP) is 4.82. The number of allylic oxidation sites excluding steroid dienone is 2. The van der Waals surface area contributed by atoms with Crippen LogP contribution in [-0.4, -0.2) is 30.9 Å². The fraction of sp³-hybridized carbons (Fsp3) is 0.120. The molecule has 3 aromatic carbocycles. The van der Waals surface area contributed by atoms with Gasteiger partial charge in [-0.3, -0.25) is 9.59 Å². The second-order valence-electron chi connectivity index (χ2n) is 6.61. The lowest BCUT2D eigenvalue weighted by Gasteiger charge is -2.07. The van der Waals surface area contributed by atoms with Gasteiger partial charge in [0.2, 0.25) is 0 Å². The van der Waals surface area contributed by atoms with Crippen LogP contribution in [0, 0.1) is 0 Å². The van der Waals surface area contributed by atoms with Gasteiger partial charge >= 0.3 is 0 Å². The average Bonchev–Trinajstić information content (AvgIpc) is 2.76. The second-order valence-corrected chi connectivity index (χ2v) is 6.61. The molecule has 0 atom stereocenters. The Balaban J connectivity index is 1.67. The van der Waals surface area contributed by atoms with Crippen LogP contribution in [0.3, 0.4) is 0 Å². The molecule has 0 saturated heterocycles. The summed E-state index contributed by atoms with van der Waals surface area (Å²) < 4.78 is 10.4. The molecule has 5 nitrogen and oxygen atoms in total. The van der Waals surface area contributed by atoms with E-state index >= 15 is 0 Å². The standard InChI is InChI=1S/C25H22O5/c1-29-24-14-10-18(21-5-3-4-6-22(21)24)9-12-20(27)16-19(26)11-7-17-8-13-25(30-2)23(28)15-17/h3-15,28H,16H2,1-2H3. The summed E-state index contributed by atoms with van der Waals surface area (Å²) in [5.41, 5.74) is 1.51. The van der Waals surface area contributed by atoms with E-state index in [2.05, 4.69) is 0 Å². The Morgan fingerprint density at radius 3 is 2.13 bits per heavy atom. The third kappa shape index (κ3) is 4.94. The van der Waals surface area contributed by atoms with Gasteiger partial charge in [0.15, 0.2) is 23.1 Å². The van der Waals surface area contributed by atoms with Crippen LogP contribution in [-0.2, 0) is 9.59 Å². The van der Waals surface area contributed by atoms with Gasteiger partial charge in [-0.15, -0.1) is 0 Å². The van der Waals surface area contributed by atoms with Crippen LogP contribution in [0.25, 0.3) is 22.9 Å². The molecule has 0 aromatic heterocycles. The first-order valence-corrected chi connectivity index (χ1v) is 9.36. The van der Waals surface area contributed by atoms with Crippen molar-refractivity contribution in [1.82, 2.24) is 0 Å². The monoisotopic (exact) mass is 402 g/mol. The summed E-state index contributed by atoms with van der Waals surface area (Å²) in [5, 5.41) is 11.7. The number of hydrogen-bond acceptors (Lipinski definition) is 5. The van der Waals surface area contributed by atoms with E-state index in [1.54, 1.807) is 31.4 Å². The van der Waals surface area contributed by atoms with Crippen molar-refractivity contribution < 1.29 is 24.2 Å². The summed E-state index contributed by atoms with van der Waals surface area (Å²) in [7, 11) is 3.08. The molecule has 0 heterocycles. The van der Waals surface area contributed by atoms with Crippen molar-refractivity contribution in [3.63, 3.8) is 0 Å². The Morgan fingerprint density at radius 2 is 1.47 bits per heavy atom. The number of phenols is 1. The summed E-state index contributed by atoms with van der Waals surface area (Å²) in [6.45, 7) is 0. The molecule has 0 unspecified atom stereocenters. The minimum Gasteiger partial charge on any atom is -0.504 e. The van der Waals surface area contributed by atoms with Crippen LogP contribution in [0.1, 0.15) is 17.5 Å². The predicted molar refractivity (Wildman–Crippen MR) is 118 cm³/mol. The summed E-state index contributed by atoms with van der Waals surface area (Å²) >= 11 is 0. The lowest BCUT2D eigenvalue weighted by Crippen LogP contribution is -2.02. The van der Waals surface area contributed by atoms with Gasteiger partial charge in [-0.2, -0.15) is 0 Å². The first-order valence-electron chi connectivity index (χ1n) is 9.36. The number of phenolic OH excluding ortho intramolecular Hbond substituents is 1. The zero-order valence-corrected chi connectivity index (χ0v) is 16.8. The number of carbonyl (C=O) groups is 2. The van der Waals surface area contributed by atoms with E-state index < -0.39 is 0 Å². The highest BCUT2D eigenvalue weighted by Gasteiger charge is 2.07. The molecule has 1 N–H and O–H groups in total. The van der Waals surface area contributed by atoms with Crippen molar-refractivity contribution in [3.05, 3.63) is 77.9 Å². The number of fused-ring (bicyclic) bond motifs is 1. The third-order valence-electron chi connectivity index (χ3n) is 4.60. The molecule has 0 fully saturated rings. The van der Waals surface area contributed by atoms with Gasteiger partial charge in [-0.05, 0) is 46.9 Å². The zero-order valence-electron chi connectivity index (χ0n) is 16.8. The molecule has 30 heavy (non-hydrogen) atoms. The van der Waals surface area contributed by atoms with Gasteiger partial charge < -0.3 is 14.6 Å². The van der Waals surface area contributed by atoms with Gasteiger partial charge in [-0.25, -0.2) is 0 Å². The molecule has 0 radical (unpaired) electrons. The smallest absolute Gasteiger partial charge is 0.163 e. The lowest BCUT2D eigenvalue weighted by atomic mass is 10.0. The molecule has 0 aliphatic heterocycles. The van der Waals surface area contributed by atoms with Crippen molar-refractivity contribution in [2.75, 3.05) is 14.2 Å². The number of aromatic hydroxyl groups is 1. The molecular formula is C25H22O5. The molecule has 0 bridgehead atoms. The maximum absolute atomic E-state index is 12.2. The molecule has 5 heteroatoms. The van der Waals surface area contributed by atoms with Crippen molar-refractivity contribution >= 4 is 34.5 Å². The molecular weight excluding hydrogens is 380 g/mol. The number of methoxy groups -OCH3 is 2. The van der Waals surface area contributed by atoms with Crippen LogP contribution in [0.15, 0.2) is 66.7 Å². The quantitative estimate of drug-likeness (QED) is 0.432. The normalized spacial score (nSPS) is 11.3. The number of ether oxygens (including phenoxy) is 2. The number of carbonyl (C=O) groups excluding carboxylic acids is 2.